The molecule has 26 heavy (non-hydrogen) atoms. The van der Waals surface area contributed by atoms with Crippen molar-refractivity contribution in [3.8, 4) is 0 Å². The van der Waals surface area contributed by atoms with E-state index in [0.29, 0.717) is 18.5 Å². The molecule has 4 rings (SSSR count). The van der Waals surface area contributed by atoms with Crippen molar-refractivity contribution in [3.05, 3.63) is 64.7 Å². The van der Waals surface area contributed by atoms with E-state index in [9.17, 15) is 14.4 Å². The van der Waals surface area contributed by atoms with E-state index in [-0.39, 0.29) is 30.1 Å². The molecule has 0 radical (unpaired) electrons. The molecule has 132 valence electrons. The van der Waals surface area contributed by atoms with Gasteiger partial charge in [-0.1, -0.05) is 24.3 Å². The maximum Gasteiger partial charge on any atom is 0.258 e. The van der Waals surface area contributed by atoms with Gasteiger partial charge in [0.2, 0.25) is 11.8 Å². The van der Waals surface area contributed by atoms with Crippen LogP contribution >= 0.6 is 0 Å². The van der Waals surface area contributed by atoms with Gasteiger partial charge in [0.1, 0.15) is 0 Å². The average molecular weight is 348 g/mol. The first-order valence-electron chi connectivity index (χ1n) is 8.85. The van der Waals surface area contributed by atoms with E-state index < -0.39 is 0 Å². The van der Waals surface area contributed by atoms with Gasteiger partial charge in [0.05, 0.1) is 5.92 Å². The van der Waals surface area contributed by atoms with Crippen LogP contribution in [0.3, 0.4) is 0 Å². The summed E-state index contributed by atoms with van der Waals surface area (Å²) < 4.78 is 0. The number of rotatable bonds is 3. The number of anilines is 1. The zero-order chi connectivity index (χ0) is 18.3. The van der Waals surface area contributed by atoms with Crippen LogP contribution in [-0.4, -0.2) is 24.3 Å². The average Bonchev–Trinajstić information content (AvgIpc) is 3.17. The molecule has 0 bridgehead atoms. The molecule has 2 aliphatic rings. The highest BCUT2D eigenvalue weighted by atomic mass is 16.2. The summed E-state index contributed by atoms with van der Waals surface area (Å²) in [6, 6.07) is 13.6. The quantitative estimate of drug-likeness (QED) is 0.866. The lowest BCUT2D eigenvalue weighted by Crippen LogP contribution is -2.28. The molecule has 0 saturated carbocycles. The summed E-state index contributed by atoms with van der Waals surface area (Å²) in [5, 5.41) is 2.33. The van der Waals surface area contributed by atoms with Crippen molar-refractivity contribution in [1.29, 1.82) is 0 Å². The fraction of sp³-hybridized carbons (Fsp3) is 0.286. The van der Waals surface area contributed by atoms with Gasteiger partial charge in [0.15, 0.2) is 0 Å². The molecule has 2 aromatic carbocycles. The van der Waals surface area contributed by atoms with Crippen LogP contribution in [0, 0.1) is 12.8 Å². The van der Waals surface area contributed by atoms with Crippen molar-refractivity contribution in [3.63, 3.8) is 0 Å². The Labute approximate surface area is 152 Å². The van der Waals surface area contributed by atoms with E-state index in [1.807, 2.05) is 24.0 Å². The minimum absolute atomic E-state index is 0.00492. The number of hydrogen-bond donors (Lipinski definition) is 1. The molecular formula is C21H20N2O3. The maximum absolute atomic E-state index is 12.9. The first kappa shape index (κ1) is 16.5. The van der Waals surface area contributed by atoms with Gasteiger partial charge in [-0.05, 0) is 54.7 Å². The molecular weight excluding hydrogens is 328 g/mol. The molecule has 1 fully saturated rings. The van der Waals surface area contributed by atoms with Crippen molar-refractivity contribution in [2.45, 2.75) is 26.2 Å². The normalized spacial score (nSPS) is 18.8. The summed E-state index contributed by atoms with van der Waals surface area (Å²) in [4.78, 5) is 37.7. The third-order valence-electron chi connectivity index (χ3n) is 5.13. The molecule has 2 aromatic rings. The van der Waals surface area contributed by atoms with Crippen LogP contribution in [0.2, 0.25) is 0 Å². The van der Waals surface area contributed by atoms with Crippen LogP contribution in [0.25, 0.3) is 0 Å². The molecule has 0 aliphatic carbocycles. The highest BCUT2D eigenvalue weighted by molar-refractivity contribution is 6.07. The molecule has 2 heterocycles. The highest BCUT2D eigenvalue weighted by Gasteiger charge is 2.30. The molecule has 1 N–H and O–H groups in total. The second kappa shape index (κ2) is 6.41. The minimum Gasteiger partial charge on any atom is -0.308 e. The van der Waals surface area contributed by atoms with Crippen molar-refractivity contribution in [1.82, 2.24) is 5.32 Å². The topological polar surface area (TPSA) is 66.5 Å². The van der Waals surface area contributed by atoms with Crippen molar-refractivity contribution in [2.75, 3.05) is 11.4 Å². The van der Waals surface area contributed by atoms with Gasteiger partial charge in [-0.2, -0.15) is 0 Å². The van der Waals surface area contributed by atoms with Crippen molar-refractivity contribution < 1.29 is 14.4 Å². The largest absolute Gasteiger partial charge is 0.308 e. The molecule has 5 heteroatoms. The molecule has 1 saturated heterocycles. The fourth-order valence-electron chi connectivity index (χ4n) is 3.70. The maximum atomic E-state index is 12.9. The number of fused-ring (bicyclic) bond motifs is 1. The monoisotopic (exact) mass is 348 g/mol. The van der Waals surface area contributed by atoms with E-state index in [4.69, 9.17) is 0 Å². The van der Waals surface area contributed by atoms with Crippen LogP contribution < -0.4 is 10.2 Å². The van der Waals surface area contributed by atoms with Gasteiger partial charge in [-0.25, -0.2) is 0 Å². The third-order valence-corrected chi connectivity index (χ3v) is 5.13. The van der Waals surface area contributed by atoms with Crippen LogP contribution in [-0.2, 0) is 22.4 Å². The standard InChI is InChI=1S/C21H20N2O3/c1-13-2-5-15-8-9-23(18(15)10-13)21(26)16-6-3-14(4-7-16)11-17-12-19(24)22-20(17)25/h2-7,10,17H,8-9,11-12H2,1H3,(H,22,24,25). The Hall–Kier alpha value is -2.95. The van der Waals surface area contributed by atoms with Gasteiger partial charge in [-0.3, -0.25) is 19.7 Å². The number of nitrogens with one attached hydrogen (secondary N) is 1. The minimum atomic E-state index is -0.308. The van der Waals surface area contributed by atoms with Crippen molar-refractivity contribution in [2.24, 2.45) is 5.92 Å². The van der Waals surface area contributed by atoms with Gasteiger partial charge >= 0.3 is 0 Å². The second-order valence-electron chi connectivity index (χ2n) is 7.05. The number of imide groups is 1. The van der Waals surface area contributed by atoms with E-state index in [1.54, 1.807) is 12.1 Å². The Morgan fingerprint density at radius 1 is 1.15 bits per heavy atom. The summed E-state index contributed by atoms with van der Waals surface area (Å²) in [5.41, 5.74) is 4.94. The number of amides is 3. The van der Waals surface area contributed by atoms with E-state index >= 15 is 0 Å². The lowest BCUT2D eigenvalue weighted by Gasteiger charge is -2.18. The first-order valence-corrected chi connectivity index (χ1v) is 8.85. The number of hydrogen-bond acceptors (Lipinski definition) is 3. The molecule has 1 atom stereocenters. The predicted octanol–water partition coefficient (Wildman–Crippen LogP) is 2.40. The summed E-state index contributed by atoms with van der Waals surface area (Å²) in [5.74, 6) is -0.735. The number of carbonyl (C=O) groups excluding carboxylic acids is 3. The number of aryl methyl sites for hydroxylation is 1. The molecule has 3 amide bonds. The van der Waals surface area contributed by atoms with E-state index in [0.717, 1.165) is 23.2 Å². The van der Waals surface area contributed by atoms with Crippen molar-refractivity contribution >= 4 is 23.4 Å². The Morgan fingerprint density at radius 2 is 1.92 bits per heavy atom. The van der Waals surface area contributed by atoms with Gasteiger partial charge < -0.3 is 4.90 Å². The number of nitrogens with zero attached hydrogens (tertiary/aromatic N) is 1. The number of carbonyl (C=O) groups is 3. The smallest absolute Gasteiger partial charge is 0.258 e. The van der Waals surface area contributed by atoms with E-state index in [2.05, 4.69) is 23.5 Å². The van der Waals surface area contributed by atoms with Gasteiger partial charge in [0.25, 0.3) is 5.91 Å². The van der Waals surface area contributed by atoms with E-state index in [1.165, 1.54) is 5.56 Å². The lowest BCUT2D eigenvalue weighted by molar-refractivity contribution is -0.125. The van der Waals surface area contributed by atoms with Crippen LogP contribution in [0.15, 0.2) is 42.5 Å². The number of benzene rings is 2. The Bertz CT molecular complexity index is 902. The van der Waals surface area contributed by atoms with Gasteiger partial charge in [-0.15, -0.1) is 0 Å². The Balaban J connectivity index is 1.49. The summed E-state index contributed by atoms with van der Waals surface area (Å²) in [6.07, 6.45) is 1.63. The summed E-state index contributed by atoms with van der Waals surface area (Å²) in [7, 11) is 0. The molecule has 0 spiro atoms. The third kappa shape index (κ3) is 3.01. The summed E-state index contributed by atoms with van der Waals surface area (Å²) >= 11 is 0. The summed E-state index contributed by atoms with van der Waals surface area (Å²) in [6.45, 7) is 2.73. The van der Waals surface area contributed by atoms with Crippen LogP contribution in [0.5, 0.6) is 0 Å². The lowest BCUT2D eigenvalue weighted by atomic mass is 9.97. The molecule has 0 aromatic heterocycles. The first-order chi connectivity index (χ1) is 12.5. The zero-order valence-corrected chi connectivity index (χ0v) is 14.6. The molecule has 5 nitrogen and oxygen atoms in total. The Kier molecular flexibility index (Phi) is 4.07. The second-order valence-corrected chi connectivity index (χ2v) is 7.05. The fourth-order valence-corrected chi connectivity index (χ4v) is 3.70. The van der Waals surface area contributed by atoms with Gasteiger partial charge in [0, 0.05) is 24.2 Å². The SMILES string of the molecule is Cc1ccc2c(c1)N(C(=O)c1ccc(CC3CC(=O)NC3=O)cc1)CC2. The molecule has 2 aliphatic heterocycles. The Morgan fingerprint density at radius 3 is 2.62 bits per heavy atom. The van der Waals surface area contributed by atoms with Crippen LogP contribution in [0.1, 0.15) is 33.5 Å². The predicted molar refractivity (Wildman–Crippen MR) is 98.0 cm³/mol. The zero-order valence-electron chi connectivity index (χ0n) is 14.6. The highest BCUT2D eigenvalue weighted by Crippen LogP contribution is 2.30. The van der Waals surface area contributed by atoms with Crippen LogP contribution in [0.4, 0.5) is 5.69 Å². The molecule has 1 unspecified atom stereocenters.